The molecule has 0 bridgehead atoms. The largest absolute Gasteiger partial charge is 0.150 e. The van der Waals surface area contributed by atoms with Crippen LogP contribution in [0.2, 0.25) is 0 Å². The van der Waals surface area contributed by atoms with Gasteiger partial charge in [-0.1, -0.05) is 35.9 Å². The molecule has 0 N–H and O–H groups in total. The molecule has 54 valence electrons. The zero-order valence-electron chi connectivity index (χ0n) is 6.08. The first-order valence-corrected chi connectivity index (χ1v) is 3.56. The minimum Gasteiger partial charge on any atom is -0.150 e. The third-order valence-corrected chi connectivity index (χ3v) is 1.70. The van der Waals surface area contributed by atoms with E-state index in [4.69, 9.17) is 0 Å². The average Bonchev–Trinajstić information content (AvgIpc) is 2.05. The Morgan fingerprint density at radius 1 is 1.80 bits per heavy atom. The lowest BCUT2D eigenvalue weighted by Crippen LogP contribution is -2.00. The average molecular weight is 137 g/mol. The Morgan fingerprint density at radius 2 is 2.60 bits per heavy atom. The maximum absolute atomic E-state index is 10.0. The fourth-order valence-corrected chi connectivity index (χ4v) is 0.994. The van der Waals surface area contributed by atoms with Gasteiger partial charge in [0.1, 0.15) is 6.04 Å². The van der Waals surface area contributed by atoms with E-state index < -0.39 is 0 Å². The van der Waals surface area contributed by atoms with E-state index in [-0.39, 0.29) is 6.04 Å². The third-order valence-electron chi connectivity index (χ3n) is 1.70. The summed E-state index contributed by atoms with van der Waals surface area (Å²) in [5.74, 6) is 0. The molecule has 0 saturated carbocycles. The second kappa shape index (κ2) is 3.30. The summed E-state index contributed by atoms with van der Waals surface area (Å²) in [4.78, 5) is 10.0. The summed E-state index contributed by atoms with van der Waals surface area (Å²) in [6.45, 7) is 2.10. The molecule has 2 heteroatoms. The lowest BCUT2D eigenvalue weighted by atomic mass is 10.0. The van der Waals surface area contributed by atoms with E-state index in [0.29, 0.717) is 0 Å². The monoisotopic (exact) mass is 137 g/mol. The Labute approximate surface area is 60.6 Å². The van der Waals surface area contributed by atoms with Crippen molar-refractivity contribution in [3.8, 4) is 0 Å². The molecule has 0 aromatic heterocycles. The van der Waals surface area contributed by atoms with Crippen LogP contribution in [0.3, 0.4) is 0 Å². The standard InChI is InChI=1S/C8H11NO/c1-2-7-3-5-8(9-10)6-4-7/h3-5,8H,2,6H2,1H3. The zero-order chi connectivity index (χ0) is 7.40. The van der Waals surface area contributed by atoms with Gasteiger partial charge >= 0.3 is 0 Å². The molecule has 0 spiro atoms. The van der Waals surface area contributed by atoms with E-state index in [1.807, 2.05) is 12.2 Å². The highest BCUT2D eigenvalue weighted by Gasteiger charge is 2.05. The van der Waals surface area contributed by atoms with E-state index in [2.05, 4.69) is 18.2 Å². The van der Waals surface area contributed by atoms with Crippen LogP contribution in [0.4, 0.5) is 0 Å². The van der Waals surface area contributed by atoms with Crippen LogP contribution in [0.5, 0.6) is 0 Å². The minimum atomic E-state index is -0.115. The van der Waals surface area contributed by atoms with Gasteiger partial charge in [0.2, 0.25) is 0 Å². The Balaban J connectivity index is 2.54. The van der Waals surface area contributed by atoms with E-state index in [1.54, 1.807) is 0 Å². The quantitative estimate of drug-likeness (QED) is 0.537. The van der Waals surface area contributed by atoms with Crippen molar-refractivity contribution in [3.63, 3.8) is 0 Å². The van der Waals surface area contributed by atoms with Crippen LogP contribution < -0.4 is 0 Å². The molecule has 0 amide bonds. The van der Waals surface area contributed by atoms with Crippen molar-refractivity contribution in [3.05, 3.63) is 28.7 Å². The smallest absolute Gasteiger partial charge is 0.114 e. The normalized spacial score (nSPS) is 24.1. The lowest BCUT2D eigenvalue weighted by molar-refractivity contribution is 0.806. The Morgan fingerprint density at radius 3 is 3.00 bits per heavy atom. The summed E-state index contributed by atoms with van der Waals surface area (Å²) < 4.78 is 0. The molecule has 1 atom stereocenters. The maximum Gasteiger partial charge on any atom is 0.114 e. The second-order valence-electron chi connectivity index (χ2n) is 2.40. The SMILES string of the molecule is CCC1=CCC(N=O)C=C1. The van der Waals surface area contributed by atoms with Crippen molar-refractivity contribution in [1.29, 1.82) is 0 Å². The minimum absolute atomic E-state index is 0.115. The molecule has 0 aromatic carbocycles. The zero-order valence-corrected chi connectivity index (χ0v) is 6.08. The molecule has 0 radical (unpaired) electrons. The van der Waals surface area contributed by atoms with Crippen LogP contribution in [0, 0.1) is 4.91 Å². The number of nitroso groups, excluding NO2 is 1. The summed E-state index contributed by atoms with van der Waals surface area (Å²) >= 11 is 0. The Kier molecular flexibility index (Phi) is 2.37. The van der Waals surface area contributed by atoms with Gasteiger partial charge in [0.15, 0.2) is 0 Å². The third kappa shape index (κ3) is 1.53. The van der Waals surface area contributed by atoms with Gasteiger partial charge in [-0.05, 0) is 12.8 Å². The van der Waals surface area contributed by atoms with Crippen LogP contribution in [0.15, 0.2) is 29.0 Å². The number of nitrogens with zero attached hydrogens (tertiary/aromatic N) is 1. The Hall–Kier alpha value is -0.920. The van der Waals surface area contributed by atoms with Crippen LogP contribution in [0.25, 0.3) is 0 Å². The van der Waals surface area contributed by atoms with Gasteiger partial charge in [-0.3, -0.25) is 0 Å². The van der Waals surface area contributed by atoms with Gasteiger partial charge < -0.3 is 0 Å². The molecule has 0 heterocycles. The summed E-state index contributed by atoms with van der Waals surface area (Å²) in [6, 6.07) is -0.115. The molecule has 1 unspecified atom stereocenters. The van der Waals surface area contributed by atoms with Crippen molar-refractivity contribution >= 4 is 0 Å². The first-order chi connectivity index (χ1) is 4.86. The molecular formula is C8H11NO. The molecule has 0 aliphatic heterocycles. The fraction of sp³-hybridized carbons (Fsp3) is 0.500. The molecule has 0 aromatic rings. The molecule has 2 nitrogen and oxygen atoms in total. The van der Waals surface area contributed by atoms with Gasteiger partial charge in [-0.25, -0.2) is 0 Å². The molecule has 1 rings (SSSR count). The molecule has 1 aliphatic rings. The number of hydrogen-bond acceptors (Lipinski definition) is 2. The highest BCUT2D eigenvalue weighted by Crippen LogP contribution is 2.14. The van der Waals surface area contributed by atoms with Crippen molar-refractivity contribution in [1.82, 2.24) is 0 Å². The Bertz CT molecular complexity index is 182. The highest BCUT2D eigenvalue weighted by molar-refractivity contribution is 5.24. The summed E-state index contributed by atoms with van der Waals surface area (Å²) in [7, 11) is 0. The summed E-state index contributed by atoms with van der Waals surface area (Å²) in [6.07, 6.45) is 7.75. The van der Waals surface area contributed by atoms with E-state index in [1.165, 1.54) is 5.57 Å². The predicted octanol–water partition coefficient (Wildman–Crippen LogP) is 2.42. The second-order valence-corrected chi connectivity index (χ2v) is 2.40. The van der Waals surface area contributed by atoms with Gasteiger partial charge in [-0.15, -0.1) is 0 Å². The predicted molar refractivity (Wildman–Crippen MR) is 41.7 cm³/mol. The molecule has 10 heavy (non-hydrogen) atoms. The first kappa shape index (κ1) is 7.19. The van der Waals surface area contributed by atoms with Crippen LogP contribution in [0.1, 0.15) is 19.8 Å². The highest BCUT2D eigenvalue weighted by atomic mass is 16.3. The topological polar surface area (TPSA) is 29.4 Å². The first-order valence-electron chi connectivity index (χ1n) is 3.56. The summed E-state index contributed by atoms with van der Waals surface area (Å²) in [5, 5.41) is 2.93. The number of rotatable bonds is 2. The van der Waals surface area contributed by atoms with Crippen molar-refractivity contribution < 1.29 is 0 Å². The van der Waals surface area contributed by atoms with E-state index >= 15 is 0 Å². The van der Waals surface area contributed by atoms with Gasteiger partial charge in [0, 0.05) is 0 Å². The van der Waals surface area contributed by atoms with Crippen molar-refractivity contribution in [2.24, 2.45) is 5.18 Å². The molecule has 1 aliphatic carbocycles. The van der Waals surface area contributed by atoms with Crippen LogP contribution in [-0.4, -0.2) is 6.04 Å². The van der Waals surface area contributed by atoms with Crippen molar-refractivity contribution in [2.45, 2.75) is 25.8 Å². The van der Waals surface area contributed by atoms with Gasteiger partial charge in [-0.2, -0.15) is 4.91 Å². The van der Waals surface area contributed by atoms with Gasteiger partial charge in [0.05, 0.1) is 0 Å². The van der Waals surface area contributed by atoms with E-state index in [9.17, 15) is 4.91 Å². The maximum atomic E-state index is 10.0. The number of allylic oxidation sites excluding steroid dienone is 2. The van der Waals surface area contributed by atoms with Gasteiger partial charge in [0.25, 0.3) is 0 Å². The van der Waals surface area contributed by atoms with Crippen molar-refractivity contribution in [2.75, 3.05) is 0 Å². The van der Waals surface area contributed by atoms with E-state index in [0.717, 1.165) is 12.8 Å². The molecular weight excluding hydrogens is 126 g/mol. The number of hydrogen-bond donors (Lipinski definition) is 0. The molecule has 0 fully saturated rings. The molecule has 0 saturated heterocycles. The lowest BCUT2D eigenvalue weighted by Gasteiger charge is -2.07. The fourth-order valence-electron chi connectivity index (χ4n) is 0.994. The van der Waals surface area contributed by atoms with Crippen LogP contribution in [-0.2, 0) is 0 Å². The summed E-state index contributed by atoms with van der Waals surface area (Å²) in [5.41, 5.74) is 1.31. The van der Waals surface area contributed by atoms with Crippen LogP contribution >= 0.6 is 0 Å².